The first-order valence-electron chi connectivity index (χ1n) is 23.8. The number of benzene rings is 11. The van der Waals surface area contributed by atoms with Crippen LogP contribution in [0.15, 0.2) is 261 Å². The summed E-state index contributed by atoms with van der Waals surface area (Å²) in [6, 6.07) is 96.7. The van der Waals surface area contributed by atoms with Gasteiger partial charge in [0.05, 0.1) is 11.1 Å². The van der Waals surface area contributed by atoms with Gasteiger partial charge in [-0.1, -0.05) is 206 Å². The molecule has 69 heavy (non-hydrogen) atoms. The molecule has 0 bridgehead atoms. The van der Waals surface area contributed by atoms with Gasteiger partial charge in [0, 0.05) is 42.7 Å². The lowest BCUT2D eigenvalue weighted by atomic mass is 9.70. The number of nitrogens with zero attached hydrogens (tertiary/aromatic N) is 1. The molecule has 0 fully saturated rings. The van der Waals surface area contributed by atoms with Gasteiger partial charge in [0.25, 0.3) is 0 Å². The Labute approximate surface area is 406 Å². The molecule has 12 aromatic rings. The molecule has 2 aliphatic rings. The molecule has 2 heteroatoms. The van der Waals surface area contributed by atoms with Crippen molar-refractivity contribution in [2.45, 2.75) is 5.41 Å². The Hall–Kier alpha value is -8.56. The van der Waals surface area contributed by atoms with Crippen molar-refractivity contribution in [1.82, 2.24) is 0 Å². The minimum atomic E-state index is -0.403. The van der Waals surface area contributed by atoms with Crippen molar-refractivity contribution < 1.29 is 0 Å². The fourth-order valence-electron chi connectivity index (χ4n) is 11.7. The summed E-state index contributed by atoms with van der Waals surface area (Å²) in [7, 11) is 0. The molecule has 0 aliphatic heterocycles. The van der Waals surface area contributed by atoms with Crippen molar-refractivity contribution in [1.29, 1.82) is 0 Å². The Morgan fingerprint density at radius 3 is 1.38 bits per heavy atom. The molecule has 0 radical (unpaired) electrons. The highest BCUT2D eigenvalue weighted by molar-refractivity contribution is 7.26. The number of hydrogen-bond donors (Lipinski definition) is 0. The number of para-hydroxylation sites is 1. The van der Waals surface area contributed by atoms with Gasteiger partial charge >= 0.3 is 0 Å². The average Bonchev–Trinajstić information content (AvgIpc) is 4.06. The van der Waals surface area contributed by atoms with E-state index in [0.29, 0.717) is 0 Å². The fraction of sp³-hybridized carbons (Fsp3) is 0.0149. The minimum Gasteiger partial charge on any atom is -0.310 e. The summed E-state index contributed by atoms with van der Waals surface area (Å²) in [6.45, 7) is 0. The maximum atomic E-state index is 2.52. The monoisotopic (exact) mass is 893 g/mol. The molecule has 1 spiro atoms. The van der Waals surface area contributed by atoms with Gasteiger partial charge in [-0.3, -0.25) is 0 Å². The molecule has 11 aromatic carbocycles. The van der Waals surface area contributed by atoms with Crippen molar-refractivity contribution in [2.24, 2.45) is 0 Å². The minimum absolute atomic E-state index is 0.403. The van der Waals surface area contributed by atoms with Crippen LogP contribution in [0, 0.1) is 0 Å². The molecule has 1 heterocycles. The number of anilines is 3. The molecule has 1 nitrogen and oxygen atoms in total. The summed E-state index contributed by atoms with van der Waals surface area (Å²) in [6.07, 6.45) is 0. The Kier molecular flexibility index (Phi) is 9.05. The highest BCUT2D eigenvalue weighted by Crippen LogP contribution is 2.63. The normalized spacial score (nSPS) is 12.8. The molecular formula is C67H43NS. The third-order valence-electron chi connectivity index (χ3n) is 14.7. The molecule has 1 aromatic heterocycles. The van der Waals surface area contributed by atoms with Gasteiger partial charge in [0.1, 0.15) is 0 Å². The molecule has 0 atom stereocenters. The second-order valence-electron chi connectivity index (χ2n) is 18.3. The summed E-state index contributed by atoms with van der Waals surface area (Å²) >= 11 is 1.89. The largest absolute Gasteiger partial charge is 0.310 e. The highest BCUT2D eigenvalue weighted by Gasteiger charge is 2.51. The van der Waals surface area contributed by atoms with Crippen LogP contribution >= 0.6 is 11.3 Å². The maximum Gasteiger partial charge on any atom is 0.0725 e. The summed E-state index contributed by atoms with van der Waals surface area (Å²) in [4.78, 5) is 2.41. The van der Waals surface area contributed by atoms with Crippen LogP contribution in [-0.2, 0) is 5.41 Å². The van der Waals surface area contributed by atoms with Crippen LogP contribution in [0.1, 0.15) is 22.3 Å². The first kappa shape index (κ1) is 39.6. The topological polar surface area (TPSA) is 3.24 Å². The number of fused-ring (bicyclic) bond motifs is 13. The lowest BCUT2D eigenvalue weighted by Crippen LogP contribution is -2.25. The summed E-state index contributed by atoms with van der Waals surface area (Å²) in [5.74, 6) is 0. The predicted octanol–water partition coefficient (Wildman–Crippen LogP) is 18.5. The summed E-state index contributed by atoms with van der Waals surface area (Å²) in [5.41, 5.74) is 23.3. The third kappa shape index (κ3) is 6.09. The first-order chi connectivity index (χ1) is 34.2. The van der Waals surface area contributed by atoms with E-state index in [-0.39, 0.29) is 0 Å². The quantitative estimate of drug-likeness (QED) is 0.154. The zero-order chi connectivity index (χ0) is 45.5. The van der Waals surface area contributed by atoms with E-state index < -0.39 is 5.41 Å². The maximum absolute atomic E-state index is 2.52. The Balaban J connectivity index is 0.933. The Bertz CT molecular complexity index is 3880. The van der Waals surface area contributed by atoms with Gasteiger partial charge < -0.3 is 4.90 Å². The van der Waals surface area contributed by atoms with E-state index in [4.69, 9.17) is 0 Å². The van der Waals surface area contributed by atoms with Crippen molar-refractivity contribution in [2.75, 3.05) is 4.90 Å². The van der Waals surface area contributed by atoms with Gasteiger partial charge in [0.15, 0.2) is 0 Å². The molecule has 2 aliphatic carbocycles. The van der Waals surface area contributed by atoms with E-state index in [1.54, 1.807) is 0 Å². The Morgan fingerprint density at radius 1 is 0.275 bits per heavy atom. The lowest BCUT2D eigenvalue weighted by Gasteiger charge is -2.30. The summed E-state index contributed by atoms with van der Waals surface area (Å²) < 4.78 is 2.60. The standard InChI is InChI=1S/C67H43NS/c1-3-17-44(18-4-1)45-31-36-50(37-32-45)68(64-29-15-10-21-52(64)46-19-5-2-6-20-46)51-38-33-47(34-39-51)58-41-49(42-59-57-25-11-16-30-65(57)69-66(58)59)48-35-40-56-55-24-9-14-28-62(55)67(63(56)43-48)60-26-12-7-22-53(60)54-23-8-13-27-61(54)67/h1-43H. The van der Waals surface area contributed by atoms with Crippen molar-refractivity contribution in [3.63, 3.8) is 0 Å². The first-order valence-corrected chi connectivity index (χ1v) is 24.6. The number of thiophene rings is 1. The molecular weight excluding hydrogens is 851 g/mol. The predicted molar refractivity (Wildman–Crippen MR) is 292 cm³/mol. The van der Waals surface area contributed by atoms with Crippen LogP contribution in [0.25, 0.3) is 86.9 Å². The second-order valence-corrected chi connectivity index (χ2v) is 19.4. The zero-order valence-electron chi connectivity index (χ0n) is 37.7. The number of rotatable bonds is 7. The van der Waals surface area contributed by atoms with Gasteiger partial charge in [0.2, 0.25) is 0 Å². The zero-order valence-corrected chi connectivity index (χ0v) is 38.5. The van der Waals surface area contributed by atoms with Gasteiger partial charge in [-0.25, -0.2) is 0 Å². The molecule has 322 valence electrons. The van der Waals surface area contributed by atoms with E-state index in [9.17, 15) is 0 Å². The number of hydrogen-bond acceptors (Lipinski definition) is 2. The smallest absolute Gasteiger partial charge is 0.0725 e. The van der Waals surface area contributed by atoms with Crippen LogP contribution in [0.2, 0.25) is 0 Å². The molecule has 14 rings (SSSR count). The van der Waals surface area contributed by atoms with E-state index in [2.05, 4.69) is 266 Å². The van der Waals surface area contributed by atoms with E-state index in [0.717, 1.165) is 17.1 Å². The van der Waals surface area contributed by atoms with E-state index in [1.165, 1.54) is 109 Å². The van der Waals surface area contributed by atoms with Crippen LogP contribution in [0.3, 0.4) is 0 Å². The van der Waals surface area contributed by atoms with Crippen molar-refractivity contribution >= 4 is 48.6 Å². The second kappa shape index (κ2) is 15.8. The lowest BCUT2D eigenvalue weighted by molar-refractivity contribution is 0.794. The van der Waals surface area contributed by atoms with Crippen LogP contribution < -0.4 is 4.90 Å². The SMILES string of the molecule is c1ccc(-c2ccc(N(c3ccc(-c4cc(-c5ccc6c(c5)C5(c7ccccc7-c7ccccc75)c5ccccc5-6)cc5c4sc4ccccc45)cc3)c3ccccc3-c3ccccc3)cc2)cc1. The van der Waals surface area contributed by atoms with Gasteiger partial charge in [-0.05, 0) is 132 Å². The molecule has 0 saturated carbocycles. The third-order valence-corrected chi connectivity index (χ3v) is 15.9. The van der Waals surface area contributed by atoms with Crippen LogP contribution in [0.5, 0.6) is 0 Å². The highest BCUT2D eigenvalue weighted by atomic mass is 32.1. The fourth-order valence-corrected chi connectivity index (χ4v) is 12.9. The molecule has 0 unspecified atom stereocenters. The molecule has 0 saturated heterocycles. The average molecular weight is 894 g/mol. The van der Waals surface area contributed by atoms with Crippen LogP contribution in [-0.4, -0.2) is 0 Å². The van der Waals surface area contributed by atoms with Gasteiger partial charge in [-0.15, -0.1) is 11.3 Å². The Morgan fingerprint density at radius 2 is 0.739 bits per heavy atom. The van der Waals surface area contributed by atoms with Crippen molar-refractivity contribution in [3.8, 4) is 66.8 Å². The van der Waals surface area contributed by atoms with Crippen molar-refractivity contribution in [3.05, 3.63) is 283 Å². The van der Waals surface area contributed by atoms with E-state index >= 15 is 0 Å². The van der Waals surface area contributed by atoms with Gasteiger partial charge in [-0.2, -0.15) is 0 Å². The molecule has 0 N–H and O–H groups in total. The van der Waals surface area contributed by atoms with Crippen LogP contribution in [0.4, 0.5) is 17.1 Å². The summed E-state index contributed by atoms with van der Waals surface area (Å²) in [5, 5.41) is 2.59. The molecule has 0 amide bonds. The van der Waals surface area contributed by atoms with E-state index in [1.807, 2.05) is 11.3 Å².